The minimum absolute atomic E-state index is 0.126. The maximum atomic E-state index is 12.3. The maximum Gasteiger partial charge on any atom is 0.320 e. The van der Waals surface area contributed by atoms with Gasteiger partial charge in [-0.3, -0.25) is 24.3 Å². The fourth-order valence-corrected chi connectivity index (χ4v) is 2.48. The lowest BCUT2D eigenvalue weighted by molar-refractivity contribution is -0.385. The Morgan fingerprint density at radius 2 is 2.08 bits per heavy atom. The van der Waals surface area contributed by atoms with Crippen LogP contribution in [0.25, 0.3) is 0 Å². The molecule has 0 radical (unpaired) electrons. The standard InChI is InChI=1S/C16H16N6O3/c1-11-5-3-4-6-12(11)10-21-8-7-14(19-21)18-16(23)15-13(22(24)25)9-17-20(15)2/h3-9H,10H2,1-2H3,(H,18,19,23). The molecule has 0 atom stereocenters. The van der Waals surface area contributed by atoms with Gasteiger partial charge >= 0.3 is 5.69 Å². The highest BCUT2D eigenvalue weighted by atomic mass is 16.6. The highest BCUT2D eigenvalue weighted by Gasteiger charge is 2.25. The summed E-state index contributed by atoms with van der Waals surface area (Å²) >= 11 is 0. The Morgan fingerprint density at radius 1 is 1.32 bits per heavy atom. The number of anilines is 1. The number of nitrogens with one attached hydrogen (secondary N) is 1. The summed E-state index contributed by atoms with van der Waals surface area (Å²) in [6.07, 6.45) is 2.78. The highest BCUT2D eigenvalue weighted by molar-refractivity contribution is 6.05. The normalized spacial score (nSPS) is 10.6. The fourth-order valence-electron chi connectivity index (χ4n) is 2.48. The number of benzene rings is 1. The average molecular weight is 340 g/mol. The minimum Gasteiger partial charge on any atom is -0.304 e. The molecule has 0 aliphatic rings. The zero-order valence-corrected chi connectivity index (χ0v) is 13.7. The first kappa shape index (κ1) is 16.4. The molecular formula is C16H16N6O3. The molecule has 3 aromatic rings. The number of rotatable bonds is 5. The van der Waals surface area contributed by atoms with Crippen molar-refractivity contribution in [3.63, 3.8) is 0 Å². The Morgan fingerprint density at radius 3 is 2.80 bits per heavy atom. The van der Waals surface area contributed by atoms with Gasteiger partial charge < -0.3 is 5.32 Å². The van der Waals surface area contributed by atoms with E-state index in [1.165, 1.54) is 7.05 Å². The van der Waals surface area contributed by atoms with Crippen molar-refractivity contribution in [3.8, 4) is 0 Å². The molecule has 0 aliphatic carbocycles. The number of amides is 1. The second-order valence-electron chi connectivity index (χ2n) is 5.54. The average Bonchev–Trinajstić information content (AvgIpc) is 3.16. The first-order valence-corrected chi connectivity index (χ1v) is 7.51. The van der Waals surface area contributed by atoms with Crippen LogP contribution in [0, 0.1) is 17.0 Å². The van der Waals surface area contributed by atoms with Gasteiger partial charge in [0.2, 0.25) is 5.69 Å². The molecule has 1 amide bonds. The predicted octanol–water partition coefficient (Wildman–Crippen LogP) is 2.13. The summed E-state index contributed by atoms with van der Waals surface area (Å²) in [5.74, 6) is -0.318. The quantitative estimate of drug-likeness (QED) is 0.565. The van der Waals surface area contributed by atoms with E-state index < -0.39 is 10.8 Å². The van der Waals surface area contributed by atoms with E-state index >= 15 is 0 Å². The molecule has 0 fully saturated rings. The topological polar surface area (TPSA) is 108 Å². The van der Waals surface area contributed by atoms with Gasteiger partial charge in [0.25, 0.3) is 5.91 Å². The van der Waals surface area contributed by atoms with Gasteiger partial charge in [0.1, 0.15) is 6.20 Å². The first-order valence-electron chi connectivity index (χ1n) is 7.51. The number of aryl methyl sites for hydroxylation is 2. The Kier molecular flexibility index (Phi) is 4.29. The van der Waals surface area contributed by atoms with Crippen molar-refractivity contribution in [1.82, 2.24) is 19.6 Å². The summed E-state index contributed by atoms with van der Waals surface area (Å²) in [5, 5.41) is 21.6. The highest BCUT2D eigenvalue weighted by Crippen LogP contribution is 2.18. The third-order valence-corrected chi connectivity index (χ3v) is 3.81. The van der Waals surface area contributed by atoms with Gasteiger partial charge in [-0.15, -0.1) is 0 Å². The molecule has 2 heterocycles. The summed E-state index contributed by atoms with van der Waals surface area (Å²) in [7, 11) is 1.47. The Balaban J connectivity index is 1.76. The molecule has 3 rings (SSSR count). The van der Waals surface area contributed by atoms with E-state index in [1.807, 2.05) is 31.2 Å². The van der Waals surface area contributed by atoms with Crippen molar-refractivity contribution in [2.45, 2.75) is 13.5 Å². The van der Waals surface area contributed by atoms with E-state index in [9.17, 15) is 14.9 Å². The van der Waals surface area contributed by atoms with Crippen molar-refractivity contribution in [2.24, 2.45) is 7.05 Å². The third kappa shape index (κ3) is 3.39. The molecule has 0 saturated heterocycles. The maximum absolute atomic E-state index is 12.3. The molecule has 9 nitrogen and oxygen atoms in total. The first-order chi connectivity index (χ1) is 12.0. The predicted molar refractivity (Wildman–Crippen MR) is 90.3 cm³/mol. The van der Waals surface area contributed by atoms with Crippen LogP contribution in [0.5, 0.6) is 0 Å². The lowest BCUT2D eigenvalue weighted by atomic mass is 10.1. The van der Waals surface area contributed by atoms with Gasteiger partial charge in [-0.25, -0.2) is 0 Å². The van der Waals surface area contributed by atoms with Crippen LogP contribution in [0.15, 0.2) is 42.7 Å². The van der Waals surface area contributed by atoms with Crippen LogP contribution in [0.1, 0.15) is 21.6 Å². The van der Waals surface area contributed by atoms with Crippen LogP contribution in [0.4, 0.5) is 11.5 Å². The smallest absolute Gasteiger partial charge is 0.304 e. The molecule has 1 aromatic carbocycles. The number of hydrogen-bond acceptors (Lipinski definition) is 5. The molecule has 25 heavy (non-hydrogen) atoms. The van der Waals surface area contributed by atoms with Crippen LogP contribution < -0.4 is 5.32 Å². The Bertz CT molecular complexity index is 943. The van der Waals surface area contributed by atoms with Gasteiger partial charge in [0.05, 0.1) is 11.5 Å². The van der Waals surface area contributed by atoms with Gasteiger partial charge in [-0.05, 0) is 18.1 Å². The van der Waals surface area contributed by atoms with E-state index in [0.29, 0.717) is 12.4 Å². The third-order valence-electron chi connectivity index (χ3n) is 3.81. The van der Waals surface area contributed by atoms with Gasteiger partial charge in [0.15, 0.2) is 5.82 Å². The Hall–Kier alpha value is -3.49. The summed E-state index contributed by atoms with van der Waals surface area (Å²) in [6.45, 7) is 2.58. The lowest BCUT2D eigenvalue weighted by Crippen LogP contribution is -2.18. The van der Waals surface area contributed by atoms with E-state index in [2.05, 4.69) is 15.5 Å². The zero-order valence-electron chi connectivity index (χ0n) is 13.7. The molecule has 2 aromatic heterocycles. The van der Waals surface area contributed by atoms with Crippen molar-refractivity contribution in [1.29, 1.82) is 0 Å². The minimum atomic E-state index is -0.640. The SMILES string of the molecule is Cc1ccccc1Cn1ccc(NC(=O)c2c([N+](=O)[O-])cnn2C)n1. The van der Waals surface area contributed by atoms with Crippen LogP contribution in [0.2, 0.25) is 0 Å². The molecule has 0 saturated carbocycles. The van der Waals surface area contributed by atoms with Crippen molar-refractivity contribution in [3.05, 3.63) is 69.7 Å². The van der Waals surface area contributed by atoms with E-state index in [4.69, 9.17) is 0 Å². The van der Waals surface area contributed by atoms with Crippen molar-refractivity contribution < 1.29 is 9.72 Å². The van der Waals surface area contributed by atoms with E-state index in [-0.39, 0.29) is 11.4 Å². The molecule has 0 spiro atoms. The van der Waals surface area contributed by atoms with Crippen LogP contribution in [-0.2, 0) is 13.6 Å². The number of nitro groups is 1. The fraction of sp³-hybridized carbons (Fsp3) is 0.188. The monoisotopic (exact) mass is 340 g/mol. The summed E-state index contributed by atoms with van der Waals surface area (Å²) in [6, 6.07) is 9.58. The Labute approximate surface area is 143 Å². The molecule has 1 N–H and O–H groups in total. The van der Waals surface area contributed by atoms with Crippen LogP contribution in [0.3, 0.4) is 0 Å². The number of hydrogen-bond donors (Lipinski definition) is 1. The number of aromatic nitrogens is 4. The van der Waals surface area contributed by atoms with Crippen molar-refractivity contribution >= 4 is 17.4 Å². The lowest BCUT2D eigenvalue weighted by Gasteiger charge is -2.05. The van der Waals surface area contributed by atoms with Gasteiger partial charge in [-0.2, -0.15) is 10.2 Å². The van der Waals surface area contributed by atoms with Crippen LogP contribution in [-0.4, -0.2) is 30.4 Å². The van der Waals surface area contributed by atoms with Crippen LogP contribution >= 0.6 is 0 Å². The number of carbonyl (C=O) groups is 1. The summed E-state index contributed by atoms with van der Waals surface area (Å²) in [5.41, 5.74) is 1.79. The molecule has 9 heteroatoms. The number of carbonyl (C=O) groups excluding carboxylic acids is 1. The molecular weight excluding hydrogens is 324 g/mol. The molecule has 0 aliphatic heterocycles. The zero-order chi connectivity index (χ0) is 18.0. The largest absolute Gasteiger partial charge is 0.320 e. The van der Waals surface area contributed by atoms with E-state index in [1.54, 1.807) is 16.9 Å². The van der Waals surface area contributed by atoms with Gasteiger partial charge in [-0.1, -0.05) is 24.3 Å². The summed E-state index contributed by atoms with van der Waals surface area (Å²) < 4.78 is 2.85. The van der Waals surface area contributed by atoms with E-state index in [0.717, 1.165) is 22.0 Å². The molecule has 0 unspecified atom stereocenters. The second-order valence-corrected chi connectivity index (χ2v) is 5.54. The second kappa shape index (κ2) is 6.56. The summed E-state index contributed by atoms with van der Waals surface area (Å²) in [4.78, 5) is 22.7. The van der Waals surface area contributed by atoms with Crippen molar-refractivity contribution in [2.75, 3.05) is 5.32 Å². The molecule has 128 valence electrons. The molecule has 0 bridgehead atoms. The number of nitrogens with zero attached hydrogens (tertiary/aromatic N) is 5. The van der Waals surface area contributed by atoms with Gasteiger partial charge in [0, 0.05) is 19.3 Å².